The highest BCUT2D eigenvalue weighted by Gasteiger charge is 2.18. The van der Waals surface area contributed by atoms with Crippen molar-refractivity contribution >= 4 is 43.0 Å². The van der Waals surface area contributed by atoms with E-state index in [0.717, 1.165) is 27.9 Å². The Morgan fingerprint density at radius 1 is 0.903 bits per heavy atom. The Morgan fingerprint density at radius 3 is 2.06 bits per heavy atom. The van der Waals surface area contributed by atoms with Gasteiger partial charge in [-0.1, -0.05) is 12.1 Å². The summed E-state index contributed by atoms with van der Waals surface area (Å²) in [7, 11) is -5.48. The van der Waals surface area contributed by atoms with E-state index in [-0.39, 0.29) is 18.9 Å². The summed E-state index contributed by atoms with van der Waals surface area (Å²) in [6.45, 7) is 3.98. The van der Waals surface area contributed by atoms with Gasteiger partial charge in [-0.15, -0.1) is 0 Å². The van der Waals surface area contributed by atoms with E-state index < -0.39 is 20.0 Å². The number of carbonyl (C=O) groups is 1. The molecule has 0 fully saturated rings. The molecular weight excluding hydrogens is 438 g/mol. The van der Waals surface area contributed by atoms with Gasteiger partial charge in [0.05, 0.1) is 23.9 Å². The maximum atomic E-state index is 12.4. The van der Waals surface area contributed by atoms with Crippen molar-refractivity contribution in [2.75, 3.05) is 40.0 Å². The molecular formula is C21H29N3O5S2. The molecule has 8 nitrogen and oxygen atoms in total. The summed E-state index contributed by atoms with van der Waals surface area (Å²) in [6, 6.07) is 12.1. The Hall–Kier alpha value is -2.59. The summed E-state index contributed by atoms with van der Waals surface area (Å²) in [6.07, 6.45) is 2.69. The second kappa shape index (κ2) is 9.69. The fourth-order valence-corrected chi connectivity index (χ4v) is 4.60. The van der Waals surface area contributed by atoms with Gasteiger partial charge in [-0.2, -0.15) is 0 Å². The van der Waals surface area contributed by atoms with Gasteiger partial charge in [0.15, 0.2) is 0 Å². The summed E-state index contributed by atoms with van der Waals surface area (Å²) in [5.74, 6) is -0.284. The maximum Gasteiger partial charge on any atom is 0.232 e. The molecule has 0 aromatic heterocycles. The average molecular weight is 468 g/mol. The largest absolute Gasteiger partial charge is 0.326 e. The van der Waals surface area contributed by atoms with Crippen LogP contribution in [-0.2, 0) is 24.8 Å². The second-order valence-electron chi connectivity index (χ2n) is 7.61. The van der Waals surface area contributed by atoms with Gasteiger partial charge < -0.3 is 5.32 Å². The highest BCUT2D eigenvalue weighted by atomic mass is 32.2. The molecule has 0 unspecified atom stereocenters. The predicted molar refractivity (Wildman–Crippen MR) is 126 cm³/mol. The number of hydrogen-bond donors (Lipinski definition) is 1. The fraction of sp³-hybridized carbons (Fsp3) is 0.381. The first-order chi connectivity index (χ1) is 14.3. The first-order valence-corrected chi connectivity index (χ1v) is 13.4. The van der Waals surface area contributed by atoms with Gasteiger partial charge in [0, 0.05) is 25.7 Å². The third-order valence-corrected chi connectivity index (χ3v) is 7.05. The Labute approximate surface area is 185 Å². The van der Waals surface area contributed by atoms with Crippen LogP contribution in [0.1, 0.15) is 24.0 Å². The molecule has 1 amide bonds. The molecule has 0 saturated heterocycles. The smallest absolute Gasteiger partial charge is 0.232 e. The summed E-state index contributed by atoms with van der Waals surface area (Å²) in [5, 5.41) is 2.73. The number of aryl methyl sites for hydroxylation is 2. The molecule has 0 saturated carbocycles. The quantitative estimate of drug-likeness (QED) is 0.611. The van der Waals surface area contributed by atoms with Gasteiger partial charge in [0.25, 0.3) is 0 Å². The van der Waals surface area contributed by atoms with E-state index >= 15 is 0 Å². The van der Waals surface area contributed by atoms with Gasteiger partial charge >= 0.3 is 0 Å². The van der Waals surface area contributed by atoms with Gasteiger partial charge in [-0.25, -0.2) is 16.8 Å². The standard InChI is InChI=1S/C21H29N3O5S2/c1-16-12-17(2)14-20(13-16)24(31(5,28)29)11-7-10-21(25)22-18-8-6-9-19(15-18)23(3)30(4,26)27/h6,8-9,12-15H,7,10-11H2,1-5H3,(H,22,25). The van der Waals surface area contributed by atoms with E-state index in [1.165, 1.54) is 11.4 Å². The predicted octanol–water partition coefficient (Wildman–Crippen LogP) is 2.88. The van der Waals surface area contributed by atoms with Gasteiger partial charge in [-0.3, -0.25) is 13.4 Å². The summed E-state index contributed by atoms with van der Waals surface area (Å²) < 4.78 is 50.4. The lowest BCUT2D eigenvalue weighted by molar-refractivity contribution is -0.116. The number of nitrogens with one attached hydrogen (secondary N) is 1. The molecule has 2 rings (SSSR count). The highest BCUT2D eigenvalue weighted by Crippen LogP contribution is 2.23. The Bertz CT molecular complexity index is 1140. The molecule has 31 heavy (non-hydrogen) atoms. The fourth-order valence-electron chi connectivity index (χ4n) is 3.16. The Morgan fingerprint density at radius 2 is 1.52 bits per heavy atom. The Balaban J connectivity index is 2.03. The van der Waals surface area contributed by atoms with Crippen LogP contribution in [0.2, 0.25) is 0 Å². The number of carbonyl (C=O) groups excluding carboxylic acids is 1. The molecule has 10 heteroatoms. The lowest BCUT2D eigenvalue weighted by Gasteiger charge is -2.23. The zero-order valence-electron chi connectivity index (χ0n) is 18.4. The van der Waals surface area contributed by atoms with Crippen molar-refractivity contribution in [3.05, 3.63) is 53.6 Å². The van der Waals surface area contributed by atoms with E-state index in [4.69, 9.17) is 0 Å². The van der Waals surface area contributed by atoms with Crippen LogP contribution in [0.15, 0.2) is 42.5 Å². The molecule has 0 aliphatic rings. The van der Waals surface area contributed by atoms with Gasteiger partial charge in [-0.05, 0) is 61.7 Å². The molecule has 1 N–H and O–H groups in total. The molecule has 0 heterocycles. The lowest BCUT2D eigenvalue weighted by Crippen LogP contribution is -2.31. The van der Waals surface area contributed by atoms with Crippen LogP contribution in [0.25, 0.3) is 0 Å². The molecule has 2 aromatic carbocycles. The number of hydrogen-bond acceptors (Lipinski definition) is 5. The lowest BCUT2D eigenvalue weighted by atomic mass is 10.1. The van der Waals surface area contributed by atoms with E-state index in [0.29, 0.717) is 23.5 Å². The summed E-state index contributed by atoms with van der Waals surface area (Å²) in [5.41, 5.74) is 3.39. The van der Waals surface area contributed by atoms with Crippen molar-refractivity contribution in [3.8, 4) is 0 Å². The highest BCUT2D eigenvalue weighted by molar-refractivity contribution is 7.92. The topological polar surface area (TPSA) is 104 Å². The van der Waals surface area contributed by atoms with E-state index in [1.807, 2.05) is 19.9 Å². The molecule has 170 valence electrons. The molecule has 0 aliphatic carbocycles. The Kier molecular flexibility index (Phi) is 7.72. The van der Waals surface area contributed by atoms with E-state index in [2.05, 4.69) is 5.32 Å². The molecule has 0 radical (unpaired) electrons. The first-order valence-electron chi connectivity index (χ1n) is 9.67. The SMILES string of the molecule is Cc1cc(C)cc(N(CCCC(=O)Nc2cccc(N(C)S(C)(=O)=O)c2)S(C)(=O)=O)c1. The third kappa shape index (κ3) is 7.25. The van der Waals surface area contributed by atoms with Gasteiger partial charge in [0.1, 0.15) is 0 Å². The number of rotatable bonds is 9. The minimum Gasteiger partial charge on any atom is -0.326 e. The molecule has 0 aliphatic heterocycles. The summed E-state index contributed by atoms with van der Waals surface area (Å²) in [4.78, 5) is 12.4. The van der Waals surface area contributed by atoms with Crippen LogP contribution in [0.3, 0.4) is 0 Å². The number of benzene rings is 2. The minimum absolute atomic E-state index is 0.114. The zero-order valence-corrected chi connectivity index (χ0v) is 20.0. The molecule has 0 spiro atoms. The summed E-state index contributed by atoms with van der Waals surface area (Å²) >= 11 is 0. The van der Waals surface area contributed by atoms with Crippen LogP contribution in [0.5, 0.6) is 0 Å². The normalized spacial score (nSPS) is 11.8. The molecule has 0 bridgehead atoms. The maximum absolute atomic E-state index is 12.4. The van der Waals surface area contributed by atoms with Crippen molar-refractivity contribution in [2.24, 2.45) is 0 Å². The number of sulfonamides is 2. The van der Waals surface area contributed by atoms with Crippen LogP contribution in [-0.4, -0.2) is 48.8 Å². The van der Waals surface area contributed by atoms with Crippen molar-refractivity contribution in [3.63, 3.8) is 0 Å². The van der Waals surface area contributed by atoms with Crippen LogP contribution in [0, 0.1) is 13.8 Å². The number of nitrogens with zero attached hydrogens (tertiary/aromatic N) is 2. The van der Waals surface area contributed by atoms with E-state index in [1.54, 1.807) is 36.4 Å². The minimum atomic E-state index is -3.50. The van der Waals surface area contributed by atoms with Crippen molar-refractivity contribution in [2.45, 2.75) is 26.7 Å². The molecule has 2 aromatic rings. The molecule has 0 atom stereocenters. The van der Waals surface area contributed by atoms with Crippen molar-refractivity contribution in [1.29, 1.82) is 0 Å². The third-order valence-electron chi connectivity index (χ3n) is 4.65. The van der Waals surface area contributed by atoms with Crippen molar-refractivity contribution < 1.29 is 21.6 Å². The second-order valence-corrected chi connectivity index (χ2v) is 11.5. The van der Waals surface area contributed by atoms with Crippen molar-refractivity contribution in [1.82, 2.24) is 0 Å². The van der Waals surface area contributed by atoms with Crippen LogP contribution in [0.4, 0.5) is 17.1 Å². The zero-order chi connectivity index (χ0) is 23.4. The monoisotopic (exact) mass is 467 g/mol. The van der Waals surface area contributed by atoms with Gasteiger partial charge in [0.2, 0.25) is 26.0 Å². The van der Waals surface area contributed by atoms with Crippen LogP contribution < -0.4 is 13.9 Å². The average Bonchev–Trinajstić information content (AvgIpc) is 2.62. The first kappa shape index (κ1) is 24.7. The number of amides is 1. The van der Waals surface area contributed by atoms with Crippen LogP contribution >= 0.6 is 0 Å². The van der Waals surface area contributed by atoms with E-state index in [9.17, 15) is 21.6 Å². The number of anilines is 3.